The van der Waals surface area contributed by atoms with Gasteiger partial charge in [0.1, 0.15) is 5.75 Å². The van der Waals surface area contributed by atoms with Gasteiger partial charge in [0.2, 0.25) is 0 Å². The van der Waals surface area contributed by atoms with Crippen molar-refractivity contribution in [3.63, 3.8) is 0 Å². The van der Waals surface area contributed by atoms with Crippen LogP contribution in [0.5, 0.6) is 5.75 Å². The Bertz CT molecular complexity index is 610. The number of ether oxygens (including phenoxy) is 1. The van der Waals surface area contributed by atoms with Crippen molar-refractivity contribution in [3.05, 3.63) is 59.1 Å². The molecule has 0 unspecified atom stereocenters. The smallest absolute Gasteiger partial charge is 0.164 e. The minimum atomic E-state index is 0.112. The molecule has 0 fully saturated rings. The SMILES string of the molecule is COc1cccc(N(C)CCC(=O)c2ccc(Cl)cc2)c1. The number of rotatable bonds is 6. The first-order valence-electron chi connectivity index (χ1n) is 6.74. The highest BCUT2D eigenvalue weighted by Gasteiger charge is 2.08. The lowest BCUT2D eigenvalue weighted by molar-refractivity contribution is 0.0985. The second-order valence-corrected chi connectivity index (χ2v) is 5.24. The van der Waals surface area contributed by atoms with Gasteiger partial charge < -0.3 is 9.64 Å². The van der Waals surface area contributed by atoms with Crippen molar-refractivity contribution >= 4 is 23.1 Å². The number of methoxy groups -OCH3 is 1. The van der Waals surface area contributed by atoms with Gasteiger partial charge in [0.15, 0.2) is 5.78 Å². The van der Waals surface area contributed by atoms with E-state index in [9.17, 15) is 4.79 Å². The van der Waals surface area contributed by atoms with Crippen molar-refractivity contribution in [1.29, 1.82) is 0 Å². The van der Waals surface area contributed by atoms with Gasteiger partial charge in [-0.3, -0.25) is 4.79 Å². The number of nitrogens with zero attached hydrogens (tertiary/aromatic N) is 1. The summed E-state index contributed by atoms with van der Waals surface area (Å²) in [5.74, 6) is 0.921. The van der Waals surface area contributed by atoms with Gasteiger partial charge in [-0.15, -0.1) is 0 Å². The van der Waals surface area contributed by atoms with E-state index in [1.165, 1.54) is 0 Å². The molecule has 110 valence electrons. The van der Waals surface area contributed by atoms with Gasteiger partial charge in [0.25, 0.3) is 0 Å². The van der Waals surface area contributed by atoms with Crippen LogP contribution in [0, 0.1) is 0 Å². The quantitative estimate of drug-likeness (QED) is 0.754. The lowest BCUT2D eigenvalue weighted by Gasteiger charge is -2.19. The summed E-state index contributed by atoms with van der Waals surface area (Å²) in [4.78, 5) is 14.2. The summed E-state index contributed by atoms with van der Waals surface area (Å²) >= 11 is 5.82. The molecule has 0 spiro atoms. The third-order valence-corrected chi connectivity index (χ3v) is 3.59. The molecular weight excluding hydrogens is 286 g/mol. The van der Waals surface area contributed by atoms with Crippen LogP contribution in [0.3, 0.4) is 0 Å². The first-order valence-corrected chi connectivity index (χ1v) is 7.12. The largest absolute Gasteiger partial charge is 0.497 e. The van der Waals surface area contributed by atoms with Crippen LogP contribution in [-0.2, 0) is 0 Å². The van der Waals surface area contributed by atoms with Crippen molar-refractivity contribution in [3.8, 4) is 5.75 Å². The molecule has 4 heteroatoms. The molecule has 0 aliphatic carbocycles. The Balaban J connectivity index is 1.95. The Morgan fingerprint density at radius 2 is 1.90 bits per heavy atom. The number of halogens is 1. The number of carbonyl (C=O) groups is 1. The summed E-state index contributed by atoms with van der Waals surface area (Å²) in [6.45, 7) is 0.647. The van der Waals surface area contributed by atoms with E-state index >= 15 is 0 Å². The molecule has 0 saturated carbocycles. The van der Waals surface area contributed by atoms with Crippen molar-refractivity contribution in [2.75, 3.05) is 25.6 Å². The summed E-state index contributed by atoms with van der Waals surface area (Å²) < 4.78 is 5.21. The molecule has 0 bridgehead atoms. The zero-order valence-corrected chi connectivity index (χ0v) is 12.9. The predicted octanol–water partition coefficient (Wildman–Crippen LogP) is 4.06. The maximum atomic E-state index is 12.1. The van der Waals surface area contributed by atoms with E-state index in [0.717, 1.165) is 11.4 Å². The van der Waals surface area contributed by atoms with E-state index < -0.39 is 0 Å². The van der Waals surface area contributed by atoms with Crippen LogP contribution >= 0.6 is 11.6 Å². The Morgan fingerprint density at radius 1 is 1.19 bits per heavy atom. The van der Waals surface area contributed by atoms with Crippen molar-refractivity contribution in [2.45, 2.75) is 6.42 Å². The molecule has 0 saturated heterocycles. The average Bonchev–Trinajstić information content (AvgIpc) is 2.53. The Kier molecular flexibility index (Phi) is 5.23. The van der Waals surface area contributed by atoms with Gasteiger partial charge in [-0.2, -0.15) is 0 Å². The fourth-order valence-corrected chi connectivity index (χ4v) is 2.15. The zero-order valence-electron chi connectivity index (χ0n) is 12.2. The Hall–Kier alpha value is -2.00. The Morgan fingerprint density at radius 3 is 2.57 bits per heavy atom. The van der Waals surface area contributed by atoms with Crippen LogP contribution in [0.2, 0.25) is 5.02 Å². The van der Waals surface area contributed by atoms with Gasteiger partial charge >= 0.3 is 0 Å². The average molecular weight is 304 g/mol. The van der Waals surface area contributed by atoms with Crippen LogP contribution in [0.25, 0.3) is 0 Å². The van der Waals surface area contributed by atoms with Gasteiger partial charge in [-0.25, -0.2) is 0 Å². The van der Waals surface area contributed by atoms with Gasteiger partial charge in [-0.05, 0) is 36.4 Å². The normalized spacial score (nSPS) is 10.2. The lowest BCUT2D eigenvalue weighted by Crippen LogP contribution is -2.21. The van der Waals surface area contributed by atoms with Gasteiger partial charge in [0.05, 0.1) is 7.11 Å². The second kappa shape index (κ2) is 7.14. The van der Waals surface area contributed by atoms with Crippen molar-refractivity contribution in [1.82, 2.24) is 0 Å². The molecule has 2 aromatic rings. The molecule has 0 radical (unpaired) electrons. The molecule has 0 atom stereocenters. The van der Waals surface area contributed by atoms with Gasteiger partial charge in [-0.1, -0.05) is 17.7 Å². The molecule has 2 rings (SSSR count). The zero-order chi connectivity index (χ0) is 15.2. The topological polar surface area (TPSA) is 29.5 Å². The summed E-state index contributed by atoms with van der Waals surface area (Å²) in [6, 6.07) is 14.8. The minimum Gasteiger partial charge on any atom is -0.497 e. The van der Waals surface area contributed by atoms with E-state index in [1.807, 2.05) is 36.2 Å². The number of Topliss-reactive ketones (excluding diaryl/α,β-unsaturated/α-hetero) is 1. The number of hydrogen-bond donors (Lipinski definition) is 0. The van der Waals surface area contributed by atoms with Crippen LogP contribution < -0.4 is 9.64 Å². The molecule has 0 heterocycles. The fraction of sp³-hybridized carbons (Fsp3) is 0.235. The van der Waals surface area contributed by atoms with Crippen molar-refractivity contribution in [2.24, 2.45) is 0 Å². The maximum absolute atomic E-state index is 12.1. The molecule has 0 amide bonds. The molecule has 3 nitrogen and oxygen atoms in total. The lowest BCUT2D eigenvalue weighted by atomic mass is 10.1. The van der Waals surface area contributed by atoms with E-state index in [2.05, 4.69) is 0 Å². The summed E-state index contributed by atoms with van der Waals surface area (Å²) in [5.41, 5.74) is 1.72. The fourth-order valence-electron chi connectivity index (χ4n) is 2.03. The van der Waals surface area contributed by atoms with E-state index in [0.29, 0.717) is 23.6 Å². The highest BCUT2D eigenvalue weighted by Crippen LogP contribution is 2.20. The molecule has 0 aliphatic rings. The van der Waals surface area contributed by atoms with Gasteiger partial charge in [0, 0.05) is 42.4 Å². The summed E-state index contributed by atoms with van der Waals surface area (Å²) in [5, 5.41) is 0.639. The third kappa shape index (κ3) is 4.23. The van der Waals surface area contributed by atoms with Crippen LogP contribution in [0.4, 0.5) is 5.69 Å². The number of hydrogen-bond acceptors (Lipinski definition) is 3. The van der Waals surface area contributed by atoms with Crippen LogP contribution in [0.1, 0.15) is 16.8 Å². The van der Waals surface area contributed by atoms with E-state index in [4.69, 9.17) is 16.3 Å². The molecule has 0 aromatic heterocycles. The third-order valence-electron chi connectivity index (χ3n) is 3.33. The van der Waals surface area contributed by atoms with E-state index in [1.54, 1.807) is 31.4 Å². The predicted molar refractivity (Wildman–Crippen MR) is 86.7 cm³/mol. The highest BCUT2D eigenvalue weighted by molar-refractivity contribution is 6.30. The van der Waals surface area contributed by atoms with Crippen molar-refractivity contribution < 1.29 is 9.53 Å². The van der Waals surface area contributed by atoms with Crippen LogP contribution in [-0.4, -0.2) is 26.5 Å². The second-order valence-electron chi connectivity index (χ2n) is 4.80. The van der Waals surface area contributed by atoms with Crippen LogP contribution in [0.15, 0.2) is 48.5 Å². The Labute approximate surface area is 130 Å². The minimum absolute atomic E-state index is 0.112. The number of ketones is 1. The molecule has 21 heavy (non-hydrogen) atoms. The maximum Gasteiger partial charge on any atom is 0.164 e. The molecule has 0 aliphatic heterocycles. The first kappa shape index (κ1) is 15.4. The summed E-state index contributed by atoms with van der Waals surface area (Å²) in [7, 11) is 3.60. The van der Waals surface area contributed by atoms with E-state index in [-0.39, 0.29) is 5.78 Å². The number of benzene rings is 2. The first-order chi connectivity index (χ1) is 10.1. The number of carbonyl (C=O) groups excluding carboxylic acids is 1. The standard InChI is InChI=1S/C17H18ClNO2/c1-19(15-4-3-5-16(12-15)21-2)11-10-17(20)13-6-8-14(18)9-7-13/h3-9,12H,10-11H2,1-2H3. The monoisotopic (exact) mass is 303 g/mol. The molecule has 2 aromatic carbocycles. The number of anilines is 1. The highest BCUT2D eigenvalue weighted by atomic mass is 35.5. The summed E-state index contributed by atoms with van der Waals surface area (Å²) in [6.07, 6.45) is 0.454. The molecule has 0 N–H and O–H groups in total. The molecular formula is C17H18ClNO2.